The van der Waals surface area contributed by atoms with Gasteiger partial charge in [0.1, 0.15) is 18.9 Å². The number of hydrogen-bond donors (Lipinski definition) is 0. The second-order valence-electron chi connectivity index (χ2n) is 9.44. The van der Waals surface area contributed by atoms with E-state index in [2.05, 4.69) is 25.3 Å². The SMILES string of the molecule is CC[C@@H](C)CN(CC(=O)N1CCc2sccc2[C@H]1COc1ccc(Cl)c(C)c1)C(=O)c1ccccc1. The van der Waals surface area contributed by atoms with Crippen LogP contribution in [0.4, 0.5) is 0 Å². The van der Waals surface area contributed by atoms with Crippen LogP contribution in [0.3, 0.4) is 0 Å². The number of ether oxygens (including phenoxy) is 1. The summed E-state index contributed by atoms with van der Waals surface area (Å²) in [7, 11) is 0. The predicted octanol–water partition coefficient (Wildman–Crippen LogP) is 6.40. The summed E-state index contributed by atoms with van der Waals surface area (Å²) in [4.78, 5) is 32.0. The Morgan fingerprint density at radius 2 is 1.97 bits per heavy atom. The summed E-state index contributed by atoms with van der Waals surface area (Å²) in [5.41, 5.74) is 2.68. The maximum Gasteiger partial charge on any atom is 0.254 e. The Kier molecular flexibility index (Phi) is 8.70. The number of halogens is 1. The molecule has 0 saturated carbocycles. The average molecular weight is 525 g/mol. The van der Waals surface area contributed by atoms with Crippen LogP contribution < -0.4 is 4.74 Å². The van der Waals surface area contributed by atoms with Crippen LogP contribution in [0, 0.1) is 12.8 Å². The number of benzene rings is 2. The van der Waals surface area contributed by atoms with Crippen LogP contribution in [-0.4, -0.2) is 47.9 Å². The van der Waals surface area contributed by atoms with Crippen molar-refractivity contribution in [3.05, 3.63) is 86.6 Å². The highest BCUT2D eigenvalue weighted by atomic mass is 35.5. The number of hydrogen-bond acceptors (Lipinski definition) is 4. The van der Waals surface area contributed by atoms with Gasteiger partial charge in [-0.25, -0.2) is 0 Å². The van der Waals surface area contributed by atoms with Crippen molar-refractivity contribution in [1.29, 1.82) is 0 Å². The lowest BCUT2D eigenvalue weighted by Crippen LogP contribution is -2.48. The van der Waals surface area contributed by atoms with Crippen molar-refractivity contribution in [2.75, 3.05) is 26.2 Å². The minimum atomic E-state index is -0.208. The third-order valence-electron chi connectivity index (χ3n) is 6.82. The van der Waals surface area contributed by atoms with E-state index in [0.717, 1.165) is 29.7 Å². The molecule has 5 nitrogen and oxygen atoms in total. The maximum absolute atomic E-state index is 13.7. The van der Waals surface area contributed by atoms with Crippen LogP contribution in [-0.2, 0) is 11.2 Å². The summed E-state index contributed by atoms with van der Waals surface area (Å²) in [6.07, 6.45) is 1.75. The fraction of sp³-hybridized carbons (Fsp3) is 0.379. The van der Waals surface area contributed by atoms with Crippen molar-refractivity contribution in [3.63, 3.8) is 0 Å². The number of amides is 2. The van der Waals surface area contributed by atoms with Crippen LogP contribution in [0.1, 0.15) is 52.7 Å². The van der Waals surface area contributed by atoms with E-state index in [4.69, 9.17) is 16.3 Å². The number of carbonyl (C=O) groups excluding carboxylic acids is 2. The summed E-state index contributed by atoms with van der Waals surface area (Å²) in [5.74, 6) is 0.856. The van der Waals surface area contributed by atoms with Crippen LogP contribution in [0.25, 0.3) is 0 Å². The standard InChI is InChI=1S/C29H33ClN2O3S/c1-4-20(2)17-31(29(34)22-8-6-5-7-9-22)18-28(33)32-14-12-27-24(13-15-36-27)26(32)19-35-23-10-11-25(30)21(3)16-23/h5-11,13,15-16,20,26H,4,12,14,17-19H2,1-3H3/t20-,26-/m1/s1. The molecule has 4 rings (SSSR count). The van der Waals surface area contributed by atoms with Crippen LogP contribution in [0.5, 0.6) is 5.75 Å². The van der Waals surface area contributed by atoms with E-state index in [1.54, 1.807) is 28.4 Å². The Morgan fingerprint density at radius 3 is 2.69 bits per heavy atom. The molecule has 1 aliphatic heterocycles. The lowest BCUT2D eigenvalue weighted by molar-refractivity contribution is -0.135. The minimum Gasteiger partial charge on any atom is -0.491 e. The summed E-state index contributed by atoms with van der Waals surface area (Å²) in [5, 5.41) is 2.77. The molecule has 2 heterocycles. The third-order valence-corrected chi connectivity index (χ3v) is 8.24. The van der Waals surface area contributed by atoms with Crippen molar-refractivity contribution in [1.82, 2.24) is 9.80 Å². The van der Waals surface area contributed by atoms with Gasteiger partial charge in [-0.05, 0) is 72.2 Å². The monoisotopic (exact) mass is 524 g/mol. The summed E-state index contributed by atoms with van der Waals surface area (Å²) in [6.45, 7) is 7.70. The number of rotatable bonds is 9. The average Bonchev–Trinajstić information content (AvgIpc) is 3.38. The number of fused-ring (bicyclic) bond motifs is 1. The Balaban J connectivity index is 1.54. The molecular formula is C29H33ClN2O3S. The molecule has 0 fully saturated rings. The molecule has 2 atom stereocenters. The van der Waals surface area contributed by atoms with E-state index >= 15 is 0 Å². The minimum absolute atomic E-state index is 0.0497. The zero-order chi connectivity index (χ0) is 25.7. The van der Waals surface area contributed by atoms with Gasteiger partial charge in [-0.15, -0.1) is 11.3 Å². The van der Waals surface area contributed by atoms with Crippen molar-refractivity contribution in [2.24, 2.45) is 5.92 Å². The molecule has 0 aliphatic carbocycles. The molecule has 2 amide bonds. The molecule has 0 saturated heterocycles. The van der Waals surface area contributed by atoms with Gasteiger partial charge < -0.3 is 14.5 Å². The van der Waals surface area contributed by atoms with Crippen molar-refractivity contribution in [2.45, 2.75) is 39.7 Å². The largest absolute Gasteiger partial charge is 0.491 e. The second-order valence-corrected chi connectivity index (χ2v) is 10.8. The zero-order valence-electron chi connectivity index (χ0n) is 21.1. The maximum atomic E-state index is 13.7. The van der Waals surface area contributed by atoms with E-state index in [9.17, 15) is 9.59 Å². The molecular weight excluding hydrogens is 492 g/mol. The van der Waals surface area contributed by atoms with Crippen LogP contribution in [0.2, 0.25) is 5.02 Å². The molecule has 1 aliphatic rings. The topological polar surface area (TPSA) is 49.9 Å². The highest BCUT2D eigenvalue weighted by Gasteiger charge is 2.34. The van der Waals surface area contributed by atoms with E-state index in [1.807, 2.05) is 48.2 Å². The Labute approximate surface area is 222 Å². The molecule has 0 N–H and O–H groups in total. The van der Waals surface area contributed by atoms with Gasteiger partial charge in [0, 0.05) is 28.6 Å². The molecule has 7 heteroatoms. The van der Waals surface area contributed by atoms with E-state index in [-0.39, 0.29) is 24.4 Å². The molecule has 0 spiro atoms. The summed E-state index contributed by atoms with van der Waals surface area (Å²) >= 11 is 7.89. The lowest BCUT2D eigenvalue weighted by atomic mass is 10.00. The molecule has 2 aromatic carbocycles. The molecule has 0 unspecified atom stereocenters. The van der Waals surface area contributed by atoms with Gasteiger partial charge >= 0.3 is 0 Å². The Hall–Kier alpha value is -2.83. The number of carbonyl (C=O) groups is 2. The highest BCUT2D eigenvalue weighted by Crippen LogP contribution is 2.34. The predicted molar refractivity (Wildman–Crippen MR) is 146 cm³/mol. The molecule has 1 aromatic heterocycles. The smallest absolute Gasteiger partial charge is 0.254 e. The first-order chi connectivity index (χ1) is 17.4. The summed E-state index contributed by atoms with van der Waals surface area (Å²) in [6, 6.07) is 16.7. The Morgan fingerprint density at radius 1 is 1.19 bits per heavy atom. The van der Waals surface area contributed by atoms with Gasteiger partial charge in [0.2, 0.25) is 5.91 Å². The summed E-state index contributed by atoms with van der Waals surface area (Å²) < 4.78 is 6.16. The van der Waals surface area contributed by atoms with Crippen LogP contribution >= 0.6 is 22.9 Å². The normalized spacial score (nSPS) is 15.8. The first kappa shape index (κ1) is 26.2. The van der Waals surface area contributed by atoms with Crippen LogP contribution in [0.15, 0.2) is 60.0 Å². The van der Waals surface area contributed by atoms with Gasteiger partial charge in [-0.2, -0.15) is 0 Å². The second kappa shape index (κ2) is 11.9. The number of nitrogens with zero attached hydrogens (tertiary/aromatic N) is 2. The fourth-order valence-corrected chi connectivity index (χ4v) is 5.54. The lowest BCUT2D eigenvalue weighted by Gasteiger charge is -2.37. The molecule has 3 aromatic rings. The quantitative estimate of drug-likeness (QED) is 0.325. The molecule has 0 bridgehead atoms. The third kappa shape index (κ3) is 6.11. The van der Waals surface area contributed by atoms with E-state index < -0.39 is 0 Å². The fourth-order valence-electron chi connectivity index (χ4n) is 4.50. The first-order valence-electron chi connectivity index (χ1n) is 12.5. The molecule has 190 valence electrons. The zero-order valence-corrected chi connectivity index (χ0v) is 22.6. The van der Waals surface area contributed by atoms with Gasteiger partial charge in [0.15, 0.2) is 0 Å². The Bertz CT molecular complexity index is 1200. The number of thiophene rings is 1. The van der Waals surface area contributed by atoms with Crippen molar-refractivity contribution in [3.8, 4) is 5.75 Å². The highest BCUT2D eigenvalue weighted by molar-refractivity contribution is 7.10. The van der Waals surface area contributed by atoms with Gasteiger partial charge in [-0.1, -0.05) is 50.1 Å². The molecule has 36 heavy (non-hydrogen) atoms. The number of aryl methyl sites for hydroxylation is 1. The van der Waals surface area contributed by atoms with Gasteiger partial charge in [0.25, 0.3) is 5.91 Å². The van der Waals surface area contributed by atoms with E-state index in [1.165, 1.54) is 4.88 Å². The van der Waals surface area contributed by atoms with Gasteiger partial charge in [-0.3, -0.25) is 9.59 Å². The van der Waals surface area contributed by atoms with Crippen molar-refractivity contribution < 1.29 is 14.3 Å². The molecule has 0 radical (unpaired) electrons. The van der Waals surface area contributed by atoms with Gasteiger partial charge in [0.05, 0.1) is 6.04 Å². The van der Waals surface area contributed by atoms with E-state index in [0.29, 0.717) is 36.2 Å². The first-order valence-corrected chi connectivity index (χ1v) is 13.7. The van der Waals surface area contributed by atoms with Crippen molar-refractivity contribution >= 4 is 34.8 Å².